The molecule has 2 heteroatoms. The molecule has 1 aromatic carbocycles. The maximum absolute atomic E-state index is 5.84. The van der Waals surface area contributed by atoms with Gasteiger partial charge in [-0.1, -0.05) is 0 Å². The quantitative estimate of drug-likeness (QED) is 0.663. The topological polar surface area (TPSA) is 0 Å². The molecule has 0 N–H and O–H groups in total. The second-order valence-corrected chi connectivity index (χ2v) is 3.18. The van der Waals surface area contributed by atoms with E-state index in [0.717, 1.165) is 9.46 Å². The minimum atomic E-state index is 0.898. The molecular formula is C7H6ClSn. The zero-order chi connectivity index (χ0) is 6.69. The molecule has 0 saturated carbocycles. The van der Waals surface area contributed by atoms with Gasteiger partial charge in [-0.05, 0) is 0 Å². The molecule has 0 spiro atoms. The zero-order valence-corrected chi connectivity index (χ0v) is 8.50. The summed E-state index contributed by atoms with van der Waals surface area (Å²) in [6.07, 6.45) is 0. The molecule has 0 fully saturated rings. The average molecular weight is 244 g/mol. The van der Waals surface area contributed by atoms with Gasteiger partial charge < -0.3 is 0 Å². The van der Waals surface area contributed by atoms with Gasteiger partial charge in [-0.2, -0.15) is 0 Å². The van der Waals surface area contributed by atoms with Gasteiger partial charge in [-0.3, -0.25) is 0 Å². The molecule has 0 bridgehead atoms. The number of hydrogen-bond acceptors (Lipinski definition) is 0. The summed E-state index contributed by atoms with van der Waals surface area (Å²) in [7, 11) is 0. The van der Waals surface area contributed by atoms with Crippen LogP contribution in [-0.2, 0) is 4.44 Å². The third-order valence-corrected chi connectivity index (χ3v) is 2.60. The average Bonchev–Trinajstić information content (AvgIpc) is 1.89. The molecule has 3 radical (unpaired) electrons. The van der Waals surface area contributed by atoms with E-state index >= 15 is 0 Å². The van der Waals surface area contributed by atoms with Crippen molar-refractivity contribution in [1.29, 1.82) is 0 Å². The van der Waals surface area contributed by atoms with Crippen LogP contribution in [0.4, 0.5) is 0 Å². The molecule has 0 saturated heterocycles. The van der Waals surface area contributed by atoms with Gasteiger partial charge in [-0.25, -0.2) is 0 Å². The van der Waals surface area contributed by atoms with Gasteiger partial charge >= 0.3 is 73.4 Å². The van der Waals surface area contributed by atoms with Crippen LogP contribution in [-0.4, -0.2) is 22.5 Å². The molecule has 0 aliphatic heterocycles. The molecule has 0 aromatic heterocycles. The van der Waals surface area contributed by atoms with Crippen molar-refractivity contribution in [1.82, 2.24) is 0 Å². The summed E-state index contributed by atoms with van der Waals surface area (Å²) < 4.78 is 1.10. The van der Waals surface area contributed by atoms with E-state index < -0.39 is 0 Å². The summed E-state index contributed by atoms with van der Waals surface area (Å²) in [6, 6.07) is 7.97. The van der Waals surface area contributed by atoms with Crippen molar-refractivity contribution in [3.05, 3.63) is 34.9 Å². The summed E-state index contributed by atoms with van der Waals surface area (Å²) in [5, 5.41) is 0.898. The van der Waals surface area contributed by atoms with Crippen LogP contribution < -0.4 is 0 Å². The van der Waals surface area contributed by atoms with Crippen molar-refractivity contribution in [2.75, 3.05) is 0 Å². The van der Waals surface area contributed by atoms with Crippen LogP contribution in [0.5, 0.6) is 0 Å². The summed E-state index contributed by atoms with van der Waals surface area (Å²) in [6.45, 7) is 0. The first-order chi connectivity index (χ1) is 4.34. The first-order valence-corrected chi connectivity index (χ1v) is 5.12. The Bertz CT molecular complexity index is 198. The summed E-state index contributed by atoms with van der Waals surface area (Å²) in [4.78, 5) is 0. The molecule has 1 rings (SSSR count). The van der Waals surface area contributed by atoms with Crippen LogP contribution >= 0.6 is 11.6 Å². The molecule has 0 amide bonds. The van der Waals surface area contributed by atoms with Crippen molar-refractivity contribution >= 4 is 34.1 Å². The molecule has 0 nitrogen and oxygen atoms in total. The fourth-order valence-electron chi connectivity index (χ4n) is 0.642. The van der Waals surface area contributed by atoms with E-state index in [0.29, 0.717) is 0 Å². The van der Waals surface area contributed by atoms with Crippen molar-refractivity contribution in [3.63, 3.8) is 0 Å². The van der Waals surface area contributed by atoms with Crippen molar-refractivity contribution in [2.24, 2.45) is 0 Å². The van der Waals surface area contributed by atoms with E-state index in [1.54, 1.807) is 0 Å². The van der Waals surface area contributed by atoms with E-state index in [-0.39, 0.29) is 0 Å². The fourth-order valence-corrected chi connectivity index (χ4v) is 2.04. The molecule has 0 heterocycles. The Morgan fingerprint density at radius 1 is 1.33 bits per heavy atom. The Labute approximate surface area is 73.3 Å². The first kappa shape index (κ1) is 7.42. The van der Waals surface area contributed by atoms with Crippen LogP contribution in [0.2, 0.25) is 5.02 Å². The van der Waals surface area contributed by atoms with Gasteiger partial charge in [0, 0.05) is 0 Å². The third-order valence-electron chi connectivity index (χ3n) is 1.15. The summed E-state index contributed by atoms with van der Waals surface area (Å²) in [5.74, 6) is 0. The Morgan fingerprint density at radius 2 is 2.00 bits per heavy atom. The molecule has 9 heavy (non-hydrogen) atoms. The van der Waals surface area contributed by atoms with Gasteiger partial charge in [0.15, 0.2) is 0 Å². The standard InChI is InChI=1S/C7H6Cl.Sn/c1-6-4-2-3-5-7(6)8;/h2-5H,1H2;. The number of hydrogen-bond donors (Lipinski definition) is 0. The van der Waals surface area contributed by atoms with E-state index in [2.05, 4.69) is 6.07 Å². The number of rotatable bonds is 1. The molecule has 0 unspecified atom stereocenters. The Morgan fingerprint density at radius 3 is 2.44 bits per heavy atom. The van der Waals surface area contributed by atoms with Gasteiger partial charge in [0.2, 0.25) is 0 Å². The molecule has 0 aliphatic rings. The normalized spacial score (nSPS) is 9.56. The van der Waals surface area contributed by atoms with Gasteiger partial charge in [0.1, 0.15) is 0 Å². The van der Waals surface area contributed by atoms with E-state index in [1.807, 2.05) is 18.2 Å². The second-order valence-electron chi connectivity index (χ2n) is 1.77. The van der Waals surface area contributed by atoms with Crippen LogP contribution in [0.3, 0.4) is 0 Å². The Kier molecular flexibility index (Phi) is 2.86. The molecule has 0 atom stereocenters. The van der Waals surface area contributed by atoms with Crippen LogP contribution in [0.15, 0.2) is 24.3 Å². The number of benzene rings is 1. The van der Waals surface area contributed by atoms with Crippen molar-refractivity contribution < 1.29 is 0 Å². The predicted molar refractivity (Wildman–Crippen MR) is 40.9 cm³/mol. The monoisotopic (exact) mass is 245 g/mol. The van der Waals surface area contributed by atoms with Crippen LogP contribution in [0.25, 0.3) is 0 Å². The molecule has 45 valence electrons. The van der Waals surface area contributed by atoms with Gasteiger partial charge in [-0.15, -0.1) is 0 Å². The van der Waals surface area contributed by atoms with Crippen molar-refractivity contribution in [3.8, 4) is 0 Å². The summed E-state index contributed by atoms with van der Waals surface area (Å²) >= 11 is 7.35. The minimum absolute atomic E-state index is 0.898. The van der Waals surface area contributed by atoms with Gasteiger partial charge in [0.25, 0.3) is 0 Å². The predicted octanol–water partition coefficient (Wildman–Crippen LogP) is 2.01. The van der Waals surface area contributed by atoms with Crippen LogP contribution in [0.1, 0.15) is 5.56 Å². The molecule has 1 aromatic rings. The molecule has 0 aliphatic carbocycles. The third kappa shape index (κ3) is 1.87. The fraction of sp³-hybridized carbons (Fsp3) is 0.143. The Balaban J connectivity index is 3.01. The first-order valence-electron chi connectivity index (χ1n) is 2.72. The second kappa shape index (κ2) is 3.47. The van der Waals surface area contributed by atoms with Crippen LogP contribution in [0, 0.1) is 0 Å². The summed E-state index contributed by atoms with van der Waals surface area (Å²) in [5.41, 5.74) is 1.26. The van der Waals surface area contributed by atoms with E-state index in [9.17, 15) is 0 Å². The van der Waals surface area contributed by atoms with E-state index in [1.165, 1.54) is 28.1 Å². The Hall–Kier alpha value is 0.309. The maximum atomic E-state index is 5.84. The molecular weight excluding hydrogens is 238 g/mol. The van der Waals surface area contributed by atoms with Gasteiger partial charge in [0.05, 0.1) is 0 Å². The SMILES string of the molecule is Clc1ccccc1[CH2][Sn]. The van der Waals surface area contributed by atoms with E-state index in [4.69, 9.17) is 11.6 Å². The van der Waals surface area contributed by atoms with Crippen molar-refractivity contribution in [2.45, 2.75) is 4.44 Å². The number of halogens is 1. The zero-order valence-electron chi connectivity index (χ0n) is 4.89.